The van der Waals surface area contributed by atoms with Crippen LogP contribution in [-0.2, 0) is 11.3 Å². The van der Waals surface area contributed by atoms with Crippen LogP contribution in [0.5, 0.6) is 0 Å². The first-order chi connectivity index (χ1) is 11.9. The molecule has 0 aliphatic rings. The molecule has 0 aliphatic heterocycles. The van der Waals surface area contributed by atoms with Crippen molar-refractivity contribution in [1.29, 1.82) is 0 Å². The number of alkyl halides is 3. The largest absolute Gasteiger partial charge is 0.411 e. The second-order valence-corrected chi connectivity index (χ2v) is 5.41. The normalized spacial score (nSPS) is 11.7. The Balaban J connectivity index is 1.82. The molecule has 0 unspecified atom stereocenters. The zero-order valence-corrected chi connectivity index (χ0v) is 13.0. The first-order valence-electron chi connectivity index (χ1n) is 7.46. The van der Waals surface area contributed by atoms with E-state index in [9.17, 15) is 17.6 Å². The van der Waals surface area contributed by atoms with E-state index in [1.807, 2.05) is 6.07 Å². The predicted molar refractivity (Wildman–Crippen MR) is 84.7 cm³/mol. The summed E-state index contributed by atoms with van der Waals surface area (Å²) in [6, 6.07) is 14.6. The van der Waals surface area contributed by atoms with Crippen LogP contribution in [0.3, 0.4) is 0 Å². The van der Waals surface area contributed by atoms with Crippen LogP contribution in [0.25, 0.3) is 16.9 Å². The first-order valence-corrected chi connectivity index (χ1v) is 7.46. The molecule has 0 N–H and O–H groups in total. The highest BCUT2D eigenvalue weighted by atomic mass is 19.4. The molecule has 0 spiro atoms. The fraction of sp³-hybridized carbons (Fsp3) is 0.167. The highest BCUT2D eigenvalue weighted by molar-refractivity contribution is 5.62. The van der Waals surface area contributed by atoms with E-state index >= 15 is 0 Å². The Morgan fingerprint density at radius 2 is 1.76 bits per heavy atom. The number of nitrogens with zero attached hydrogens (tertiary/aromatic N) is 2. The van der Waals surface area contributed by atoms with E-state index in [0.717, 1.165) is 11.3 Å². The number of ether oxygens (including phenoxy) is 1. The van der Waals surface area contributed by atoms with Gasteiger partial charge < -0.3 is 4.74 Å². The fourth-order valence-corrected chi connectivity index (χ4v) is 2.42. The molecule has 0 atom stereocenters. The third-order valence-corrected chi connectivity index (χ3v) is 3.47. The molecule has 0 radical (unpaired) electrons. The van der Waals surface area contributed by atoms with Gasteiger partial charge in [0, 0.05) is 5.56 Å². The average molecular weight is 350 g/mol. The number of halogens is 4. The smallest absolute Gasteiger partial charge is 0.367 e. The first kappa shape index (κ1) is 17.2. The van der Waals surface area contributed by atoms with Gasteiger partial charge in [0.25, 0.3) is 0 Å². The zero-order valence-electron chi connectivity index (χ0n) is 13.0. The van der Waals surface area contributed by atoms with E-state index < -0.39 is 12.8 Å². The van der Waals surface area contributed by atoms with Gasteiger partial charge in [-0.3, -0.25) is 0 Å². The Bertz CT molecular complexity index is 841. The summed E-state index contributed by atoms with van der Waals surface area (Å²) in [5.74, 6) is -0.346. The van der Waals surface area contributed by atoms with Gasteiger partial charge in [0.2, 0.25) is 0 Å². The topological polar surface area (TPSA) is 27.1 Å². The van der Waals surface area contributed by atoms with E-state index in [1.54, 1.807) is 47.3 Å². The van der Waals surface area contributed by atoms with Crippen LogP contribution >= 0.6 is 0 Å². The van der Waals surface area contributed by atoms with Crippen molar-refractivity contribution >= 4 is 0 Å². The summed E-state index contributed by atoms with van der Waals surface area (Å²) in [5, 5.41) is 4.23. The van der Waals surface area contributed by atoms with E-state index in [0.29, 0.717) is 11.3 Å². The van der Waals surface area contributed by atoms with Gasteiger partial charge in [-0.2, -0.15) is 18.3 Å². The van der Waals surface area contributed by atoms with Crippen LogP contribution in [0.4, 0.5) is 17.6 Å². The van der Waals surface area contributed by atoms with Crippen molar-refractivity contribution in [1.82, 2.24) is 9.78 Å². The van der Waals surface area contributed by atoms with Crippen LogP contribution in [0, 0.1) is 5.82 Å². The molecule has 1 heterocycles. The maximum Gasteiger partial charge on any atom is 0.411 e. The van der Waals surface area contributed by atoms with Gasteiger partial charge in [0.05, 0.1) is 24.2 Å². The maximum atomic E-state index is 13.1. The summed E-state index contributed by atoms with van der Waals surface area (Å²) >= 11 is 0. The molecule has 3 nitrogen and oxygen atoms in total. The molecule has 1 aromatic heterocycles. The van der Waals surface area contributed by atoms with Gasteiger partial charge >= 0.3 is 6.18 Å². The molecule has 0 amide bonds. The summed E-state index contributed by atoms with van der Waals surface area (Å²) in [5.41, 5.74) is 2.81. The van der Waals surface area contributed by atoms with E-state index in [2.05, 4.69) is 5.10 Å². The molecule has 130 valence electrons. The Labute approximate surface area is 141 Å². The SMILES string of the molecule is Fc1ccc(-n2nccc2-c2cccc(COCC(F)(F)F)c2)cc1. The maximum absolute atomic E-state index is 13.1. The lowest BCUT2D eigenvalue weighted by molar-refractivity contribution is -0.176. The molecule has 2 aromatic carbocycles. The van der Waals surface area contributed by atoms with Gasteiger partial charge in [0.15, 0.2) is 0 Å². The minimum atomic E-state index is -4.35. The number of rotatable bonds is 5. The molecular formula is C18H14F4N2O. The number of hydrogen-bond donors (Lipinski definition) is 0. The monoisotopic (exact) mass is 350 g/mol. The van der Waals surface area contributed by atoms with E-state index in [-0.39, 0.29) is 12.4 Å². The van der Waals surface area contributed by atoms with Crippen molar-refractivity contribution < 1.29 is 22.3 Å². The van der Waals surface area contributed by atoms with Gasteiger partial charge in [-0.05, 0) is 42.0 Å². The van der Waals surface area contributed by atoms with Gasteiger partial charge in [-0.25, -0.2) is 9.07 Å². The zero-order chi connectivity index (χ0) is 17.9. The molecule has 0 bridgehead atoms. The van der Waals surface area contributed by atoms with Gasteiger partial charge in [-0.15, -0.1) is 0 Å². The van der Waals surface area contributed by atoms with Crippen molar-refractivity contribution in [3.63, 3.8) is 0 Å². The van der Waals surface area contributed by atoms with Crippen LogP contribution in [0.1, 0.15) is 5.56 Å². The van der Waals surface area contributed by atoms with Crippen molar-refractivity contribution in [2.75, 3.05) is 6.61 Å². The summed E-state index contributed by atoms with van der Waals surface area (Å²) in [6.07, 6.45) is -2.75. The Morgan fingerprint density at radius 1 is 1.00 bits per heavy atom. The summed E-state index contributed by atoms with van der Waals surface area (Å²) in [6.45, 7) is -1.43. The van der Waals surface area contributed by atoms with Crippen molar-refractivity contribution in [2.45, 2.75) is 12.8 Å². The average Bonchev–Trinajstić information content (AvgIpc) is 3.04. The third-order valence-electron chi connectivity index (χ3n) is 3.47. The van der Waals surface area contributed by atoms with Crippen LogP contribution < -0.4 is 0 Å². The molecular weight excluding hydrogens is 336 g/mol. The van der Waals surface area contributed by atoms with E-state index in [1.165, 1.54) is 12.1 Å². The number of benzene rings is 2. The second kappa shape index (κ2) is 7.06. The van der Waals surface area contributed by atoms with Crippen LogP contribution in [0.15, 0.2) is 60.8 Å². The molecule has 0 saturated carbocycles. The summed E-state index contributed by atoms with van der Waals surface area (Å²) < 4.78 is 55.9. The number of hydrogen-bond acceptors (Lipinski definition) is 2. The standard InChI is InChI=1S/C18H14F4N2O/c19-15-4-6-16(7-5-15)24-17(8-9-23-24)14-3-1-2-13(10-14)11-25-12-18(20,21)22/h1-10H,11-12H2. The van der Waals surface area contributed by atoms with Crippen LogP contribution in [0.2, 0.25) is 0 Å². The number of aromatic nitrogens is 2. The quantitative estimate of drug-likeness (QED) is 0.621. The molecule has 3 rings (SSSR count). The van der Waals surface area contributed by atoms with Gasteiger partial charge in [-0.1, -0.05) is 18.2 Å². The highest BCUT2D eigenvalue weighted by Gasteiger charge is 2.27. The Morgan fingerprint density at radius 3 is 2.48 bits per heavy atom. The van der Waals surface area contributed by atoms with E-state index in [4.69, 9.17) is 4.74 Å². The fourth-order valence-electron chi connectivity index (χ4n) is 2.42. The lowest BCUT2D eigenvalue weighted by atomic mass is 10.1. The molecule has 7 heteroatoms. The summed E-state index contributed by atoms with van der Waals surface area (Å²) in [4.78, 5) is 0. The Hall–Kier alpha value is -2.67. The highest BCUT2D eigenvalue weighted by Crippen LogP contribution is 2.24. The Kier molecular flexibility index (Phi) is 4.85. The van der Waals surface area contributed by atoms with Crippen molar-refractivity contribution in [2.24, 2.45) is 0 Å². The lowest BCUT2D eigenvalue weighted by Crippen LogP contribution is -2.16. The summed E-state index contributed by atoms with van der Waals surface area (Å²) in [7, 11) is 0. The molecule has 0 fully saturated rings. The second-order valence-electron chi connectivity index (χ2n) is 5.41. The van der Waals surface area contributed by atoms with Crippen LogP contribution in [-0.4, -0.2) is 22.6 Å². The lowest BCUT2D eigenvalue weighted by Gasteiger charge is -2.10. The molecule has 25 heavy (non-hydrogen) atoms. The van der Waals surface area contributed by atoms with Crippen molar-refractivity contribution in [3.8, 4) is 16.9 Å². The molecule has 3 aromatic rings. The third kappa shape index (κ3) is 4.45. The molecule has 0 aliphatic carbocycles. The predicted octanol–water partition coefficient (Wildman–Crippen LogP) is 4.76. The minimum absolute atomic E-state index is 0.141. The molecule has 0 saturated heterocycles. The van der Waals surface area contributed by atoms with Crippen molar-refractivity contribution in [3.05, 3.63) is 72.2 Å². The van der Waals surface area contributed by atoms with Gasteiger partial charge in [0.1, 0.15) is 12.4 Å². The minimum Gasteiger partial charge on any atom is -0.367 e.